The number of carbonyl (C=O) groups is 1. The van der Waals surface area contributed by atoms with Crippen molar-refractivity contribution >= 4 is 16.8 Å². The maximum atomic E-state index is 12.3. The molecule has 0 atom stereocenters. The second-order valence-electron chi connectivity index (χ2n) is 5.30. The number of likely N-dealkylation sites (tertiary alicyclic amines) is 1. The Balaban J connectivity index is 1.72. The highest BCUT2D eigenvalue weighted by Gasteiger charge is 2.23. The summed E-state index contributed by atoms with van der Waals surface area (Å²) in [5.41, 5.74) is 4.05. The van der Waals surface area contributed by atoms with Crippen LogP contribution in [0, 0.1) is 5.92 Å². The van der Waals surface area contributed by atoms with Crippen LogP contribution in [0.15, 0.2) is 36.5 Å². The molecule has 19 heavy (non-hydrogen) atoms. The van der Waals surface area contributed by atoms with Gasteiger partial charge in [0.25, 0.3) is 0 Å². The smallest absolute Gasteiger partial charge is 0.242 e. The fourth-order valence-corrected chi connectivity index (χ4v) is 2.66. The summed E-state index contributed by atoms with van der Waals surface area (Å²) in [4.78, 5) is 14.5. The van der Waals surface area contributed by atoms with Crippen LogP contribution in [0.25, 0.3) is 10.9 Å². The Kier molecular flexibility index (Phi) is 3.25. The zero-order valence-electron chi connectivity index (χ0n) is 11.2. The van der Waals surface area contributed by atoms with Gasteiger partial charge in [0.2, 0.25) is 5.91 Å². The van der Waals surface area contributed by atoms with Crippen molar-refractivity contribution in [2.24, 2.45) is 5.92 Å². The second kappa shape index (κ2) is 5.05. The van der Waals surface area contributed by atoms with Gasteiger partial charge in [-0.2, -0.15) is 0 Å². The fourth-order valence-electron chi connectivity index (χ4n) is 2.66. The largest absolute Gasteiger partial charge is 0.306 e. The maximum Gasteiger partial charge on any atom is 0.242 e. The van der Waals surface area contributed by atoms with Crippen LogP contribution in [0.4, 0.5) is 0 Å². The quantitative estimate of drug-likeness (QED) is 0.894. The molecule has 0 bridgehead atoms. The van der Waals surface area contributed by atoms with Crippen LogP contribution < -0.4 is 5.43 Å². The molecule has 1 N–H and O–H groups in total. The van der Waals surface area contributed by atoms with Gasteiger partial charge in [-0.1, -0.05) is 18.2 Å². The number of nitrogens with zero attached hydrogens (tertiary/aromatic N) is 2. The number of amides is 1. The Morgan fingerprint density at radius 3 is 2.74 bits per heavy atom. The van der Waals surface area contributed by atoms with E-state index in [1.54, 1.807) is 0 Å². The number of benzene rings is 1. The number of nitrogens with one attached hydrogen (secondary N) is 1. The monoisotopic (exact) mass is 257 g/mol. The lowest BCUT2D eigenvalue weighted by molar-refractivity contribution is -0.122. The van der Waals surface area contributed by atoms with Crippen LogP contribution in [0.5, 0.6) is 0 Å². The zero-order chi connectivity index (χ0) is 13.2. The van der Waals surface area contributed by atoms with E-state index in [1.807, 2.05) is 41.2 Å². The molecule has 0 spiro atoms. The summed E-state index contributed by atoms with van der Waals surface area (Å²) in [6.07, 6.45) is 3.81. The average molecular weight is 257 g/mol. The molecule has 100 valence electrons. The van der Waals surface area contributed by atoms with E-state index in [4.69, 9.17) is 0 Å². The molecule has 0 radical (unpaired) electrons. The number of carbonyl (C=O) groups excluding carboxylic acids is 1. The lowest BCUT2D eigenvalue weighted by atomic mass is 9.97. The summed E-state index contributed by atoms with van der Waals surface area (Å²) < 4.78 is 1.83. The Hall–Kier alpha value is -1.81. The SMILES string of the molecule is CN1CCC(C(=O)Nn2ccc3ccccc32)CC1. The molecule has 0 saturated carbocycles. The van der Waals surface area contributed by atoms with E-state index in [2.05, 4.69) is 17.4 Å². The van der Waals surface area contributed by atoms with Crippen molar-refractivity contribution in [3.05, 3.63) is 36.5 Å². The first-order valence-corrected chi connectivity index (χ1v) is 6.79. The third-order valence-corrected chi connectivity index (χ3v) is 3.92. The Labute approximate surface area is 113 Å². The van der Waals surface area contributed by atoms with Crippen LogP contribution in [0.2, 0.25) is 0 Å². The van der Waals surface area contributed by atoms with Crippen molar-refractivity contribution in [3.8, 4) is 0 Å². The van der Waals surface area contributed by atoms with Gasteiger partial charge >= 0.3 is 0 Å². The topological polar surface area (TPSA) is 37.3 Å². The number of rotatable bonds is 2. The Morgan fingerprint density at radius 1 is 1.21 bits per heavy atom. The molecule has 2 heterocycles. The van der Waals surface area contributed by atoms with E-state index in [-0.39, 0.29) is 11.8 Å². The van der Waals surface area contributed by atoms with Crippen molar-refractivity contribution in [1.29, 1.82) is 0 Å². The number of piperidine rings is 1. The molecule has 1 saturated heterocycles. The standard InChI is InChI=1S/C15H19N3O/c1-17-9-6-13(7-10-17)15(19)16-18-11-8-12-4-2-3-5-14(12)18/h2-5,8,11,13H,6-7,9-10H2,1H3,(H,16,19). The first kappa shape index (κ1) is 12.2. The first-order chi connectivity index (χ1) is 9.24. The molecule has 1 aliphatic heterocycles. The predicted molar refractivity (Wildman–Crippen MR) is 76.5 cm³/mol. The van der Waals surface area contributed by atoms with Gasteiger partial charge in [-0.05, 0) is 45.1 Å². The van der Waals surface area contributed by atoms with Gasteiger partial charge in [0.1, 0.15) is 0 Å². The molecule has 1 aliphatic rings. The highest BCUT2D eigenvalue weighted by Crippen LogP contribution is 2.18. The first-order valence-electron chi connectivity index (χ1n) is 6.79. The number of aromatic nitrogens is 1. The molecule has 2 aromatic rings. The molecule has 1 aromatic heterocycles. The molecule has 4 heteroatoms. The lowest BCUT2D eigenvalue weighted by Gasteiger charge is -2.28. The summed E-state index contributed by atoms with van der Waals surface area (Å²) in [5, 5.41) is 1.14. The normalized spacial score (nSPS) is 17.7. The summed E-state index contributed by atoms with van der Waals surface area (Å²) in [5.74, 6) is 0.270. The Morgan fingerprint density at radius 2 is 1.95 bits per heavy atom. The minimum atomic E-state index is 0.134. The number of para-hydroxylation sites is 1. The van der Waals surface area contributed by atoms with Gasteiger partial charge in [0.15, 0.2) is 0 Å². The van der Waals surface area contributed by atoms with Crippen LogP contribution in [-0.4, -0.2) is 35.6 Å². The molecule has 1 aromatic carbocycles. The van der Waals surface area contributed by atoms with Crippen LogP contribution in [0.3, 0.4) is 0 Å². The molecule has 1 fully saturated rings. The minimum Gasteiger partial charge on any atom is -0.306 e. The van der Waals surface area contributed by atoms with Crippen molar-refractivity contribution in [1.82, 2.24) is 9.58 Å². The molecular weight excluding hydrogens is 238 g/mol. The average Bonchev–Trinajstić information content (AvgIpc) is 2.83. The predicted octanol–water partition coefficient (Wildman–Crippen LogP) is 2.05. The zero-order valence-corrected chi connectivity index (χ0v) is 11.2. The molecule has 4 nitrogen and oxygen atoms in total. The van der Waals surface area contributed by atoms with Gasteiger partial charge < -0.3 is 4.90 Å². The molecule has 1 amide bonds. The molecule has 3 rings (SSSR count). The van der Waals surface area contributed by atoms with E-state index in [9.17, 15) is 4.79 Å². The van der Waals surface area contributed by atoms with Gasteiger partial charge in [-0.3, -0.25) is 14.9 Å². The fraction of sp³-hybridized carbons (Fsp3) is 0.400. The van der Waals surface area contributed by atoms with Crippen molar-refractivity contribution < 1.29 is 4.79 Å². The summed E-state index contributed by atoms with van der Waals surface area (Å²) >= 11 is 0. The van der Waals surface area contributed by atoms with Gasteiger partial charge in [0, 0.05) is 17.5 Å². The lowest BCUT2D eigenvalue weighted by Crippen LogP contribution is -2.37. The third kappa shape index (κ3) is 2.49. The van der Waals surface area contributed by atoms with Gasteiger partial charge in [0.05, 0.1) is 5.52 Å². The summed E-state index contributed by atoms with van der Waals surface area (Å²) in [7, 11) is 2.10. The minimum absolute atomic E-state index is 0.134. The second-order valence-corrected chi connectivity index (χ2v) is 5.30. The van der Waals surface area contributed by atoms with E-state index in [0.717, 1.165) is 36.8 Å². The molecule has 0 unspecified atom stereocenters. The van der Waals surface area contributed by atoms with Gasteiger partial charge in [-0.25, -0.2) is 0 Å². The highest BCUT2D eigenvalue weighted by atomic mass is 16.2. The van der Waals surface area contributed by atoms with E-state index < -0.39 is 0 Å². The van der Waals surface area contributed by atoms with Crippen molar-refractivity contribution in [2.75, 3.05) is 25.6 Å². The third-order valence-electron chi connectivity index (χ3n) is 3.92. The number of hydrogen-bond acceptors (Lipinski definition) is 2. The van der Waals surface area contributed by atoms with Crippen LogP contribution in [-0.2, 0) is 4.79 Å². The summed E-state index contributed by atoms with van der Waals surface area (Å²) in [6.45, 7) is 2.01. The van der Waals surface area contributed by atoms with Crippen molar-refractivity contribution in [2.45, 2.75) is 12.8 Å². The highest BCUT2D eigenvalue weighted by molar-refractivity contribution is 5.89. The maximum absolute atomic E-state index is 12.3. The number of fused-ring (bicyclic) bond motifs is 1. The van der Waals surface area contributed by atoms with Crippen molar-refractivity contribution in [3.63, 3.8) is 0 Å². The summed E-state index contributed by atoms with van der Waals surface area (Å²) in [6, 6.07) is 10.1. The van der Waals surface area contributed by atoms with E-state index in [0.29, 0.717) is 0 Å². The Bertz CT molecular complexity index is 582. The van der Waals surface area contributed by atoms with E-state index in [1.165, 1.54) is 0 Å². The van der Waals surface area contributed by atoms with E-state index >= 15 is 0 Å². The number of hydrogen-bond donors (Lipinski definition) is 1. The van der Waals surface area contributed by atoms with Crippen LogP contribution in [0.1, 0.15) is 12.8 Å². The van der Waals surface area contributed by atoms with Crippen LogP contribution >= 0.6 is 0 Å². The molecule has 0 aliphatic carbocycles. The molecular formula is C15H19N3O. The van der Waals surface area contributed by atoms with Gasteiger partial charge in [-0.15, -0.1) is 0 Å².